The highest BCUT2D eigenvalue weighted by Gasteiger charge is 2.45. The molecular formula is C18H27NO2. The lowest BCUT2D eigenvalue weighted by atomic mass is 9.67. The van der Waals surface area contributed by atoms with Crippen LogP contribution in [-0.4, -0.2) is 24.4 Å². The number of aliphatic hydroxyl groups is 1. The van der Waals surface area contributed by atoms with Gasteiger partial charge in [0.1, 0.15) is 5.75 Å². The van der Waals surface area contributed by atoms with Crippen LogP contribution >= 0.6 is 0 Å². The van der Waals surface area contributed by atoms with Crippen molar-refractivity contribution in [3.8, 4) is 5.75 Å². The van der Waals surface area contributed by atoms with Crippen LogP contribution in [0.5, 0.6) is 5.75 Å². The molecule has 2 aliphatic rings. The molecule has 3 nitrogen and oxygen atoms in total. The second-order valence-corrected chi connectivity index (χ2v) is 6.65. The number of aliphatic hydroxyl groups excluding tert-OH is 1. The molecule has 3 heteroatoms. The fraction of sp³-hybridized carbons (Fsp3) is 0.667. The molecule has 3 rings (SSSR count). The van der Waals surface area contributed by atoms with Gasteiger partial charge in [-0.1, -0.05) is 43.9 Å². The Morgan fingerprint density at radius 2 is 1.90 bits per heavy atom. The number of nitrogens with two attached hydrogens (primary N) is 1. The number of rotatable bonds is 3. The topological polar surface area (TPSA) is 55.5 Å². The third-order valence-electron chi connectivity index (χ3n) is 5.51. The molecule has 0 bridgehead atoms. The Balaban J connectivity index is 1.93. The first kappa shape index (κ1) is 14.9. The average Bonchev–Trinajstić information content (AvgIpc) is 2.82. The van der Waals surface area contributed by atoms with Crippen LogP contribution in [0.3, 0.4) is 0 Å². The molecule has 1 saturated carbocycles. The minimum atomic E-state index is -0.356. The predicted octanol–water partition coefficient (Wildman–Crippen LogP) is 3.00. The first-order chi connectivity index (χ1) is 10.3. The molecule has 1 aromatic rings. The van der Waals surface area contributed by atoms with Gasteiger partial charge in [-0.25, -0.2) is 0 Å². The van der Waals surface area contributed by atoms with Crippen LogP contribution in [0.2, 0.25) is 0 Å². The Labute approximate surface area is 127 Å². The summed E-state index contributed by atoms with van der Waals surface area (Å²) < 4.78 is 5.78. The smallest absolute Gasteiger partial charge is 0.123 e. The van der Waals surface area contributed by atoms with Crippen molar-refractivity contribution in [1.29, 1.82) is 0 Å². The summed E-state index contributed by atoms with van der Waals surface area (Å²) in [6, 6.07) is 8.10. The number of para-hydroxylation sites is 1. The van der Waals surface area contributed by atoms with Crippen molar-refractivity contribution in [3.05, 3.63) is 29.8 Å². The minimum Gasteiger partial charge on any atom is -0.493 e. The summed E-state index contributed by atoms with van der Waals surface area (Å²) >= 11 is 0. The lowest BCUT2D eigenvalue weighted by Crippen LogP contribution is -2.52. The Kier molecular flexibility index (Phi) is 4.51. The molecular weight excluding hydrogens is 262 g/mol. The zero-order chi connectivity index (χ0) is 14.7. The van der Waals surface area contributed by atoms with E-state index in [9.17, 15) is 5.11 Å². The quantitative estimate of drug-likeness (QED) is 0.841. The summed E-state index contributed by atoms with van der Waals surface area (Å²) in [5, 5.41) is 11.2. The molecule has 1 aliphatic carbocycles. The van der Waals surface area contributed by atoms with Gasteiger partial charge in [0, 0.05) is 17.5 Å². The molecule has 1 heterocycles. The SMILES string of the molecule is NCC1(C(O)C2CCCCCC2)CCOc2ccccc21. The van der Waals surface area contributed by atoms with E-state index in [2.05, 4.69) is 6.07 Å². The lowest BCUT2D eigenvalue weighted by Gasteiger charge is -2.44. The van der Waals surface area contributed by atoms with Crippen LogP contribution < -0.4 is 10.5 Å². The molecule has 0 radical (unpaired) electrons. The van der Waals surface area contributed by atoms with Crippen LogP contribution in [0.25, 0.3) is 0 Å². The van der Waals surface area contributed by atoms with Gasteiger partial charge in [0.2, 0.25) is 0 Å². The van der Waals surface area contributed by atoms with E-state index in [-0.39, 0.29) is 11.5 Å². The molecule has 1 aromatic carbocycles. The Morgan fingerprint density at radius 3 is 2.62 bits per heavy atom. The zero-order valence-electron chi connectivity index (χ0n) is 12.8. The molecule has 21 heavy (non-hydrogen) atoms. The predicted molar refractivity (Wildman–Crippen MR) is 84.5 cm³/mol. The van der Waals surface area contributed by atoms with Gasteiger partial charge in [0.15, 0.2) is 0 Å². The van der Waals surface area contributed by atoms with E-state index in [1.807, 2.05) is 18.2 Å². The van der Waals surface area contributed by atoms with E-state index in [0.29, 0.717) is 19.1 Å². The molecule has 0 saturated heterocycles. The average molecular weight is 289 g/mol. The van der Waals surface area contributed by atoms with E-state index in [4.69, 9.17) is 10.5 Å². The molecule has 0 aromatic heterocycles. The maximum Gasteiger partial charge on any atom is 0.123 e. The highest BCUT2D eigenvalue weighted by Crippen LogP contribution is 2.44. The third-order valence-corrected chi connectivity index (χ3v) is 5.51. The van der Waals surface area contributed by atoms with Crippen molar-refractivity contribution in [2.24, 2.45) is 11.7 Å². The highest BCUT2D eigenvalue weighted by atomic mass is 16.5. The number of fused-ring (bicyclic) bond motifs is 1. The highest BCUT2D eigenvalue weighted by molar-refractivity contribution is 5.43. The molecule has 3 N–H and O–H groups in total. The summed E-state index contributed by atoms with van der Waals surface area (Å²) in [6.07, 6.45) is 7.81. The molecule has 0 spiro atoms. The van der Waals surface area contributed by atoms with Crippen molar-refractivity contribution in [2.45, 2.75) is 56.5 Å². The van der Waals surface area contributed by atoms with Crippen molar-refractivity contribution >= 4 is 0 Å². The summed E-state index contributed by atoms with van der Waals surface area (Å²) in [6.45, 7) is 1.14. The molecule has 116 valence electrons. The molecule has 1 fully saturated rings. The number of benzene rings is 1. The van der Waals surface area contributed by atoms with Crippen LogP contribution in [0.1, 0.15) is 50.5 Å². The van der Waals surface area contributed by atoms with E-state index in [0.717, 1.165) is 30.6 Å². The van der Waals surface area contributed by atoms with Crippen LogP contribution in [-0.2, 0) is 5.41 Å². The van der Waals surface area contributed by atoms with Crippen molar-refractivity contribution in [2.75, 3.05) is 13.2 Å². The van der Waals surface area contributed by atoms with Crippen LogP contribution in [0.4, 0.5) is 0 Å². The molecule has 0 amide bonds. The summed E-state index contributed by atoms with van der Waals surface area (Å²) in [7, 11) is 0. The van der Waals surface area contributed by atoms with Gasteiger partial charge in [-0.05, 0) is 31.2 Å². The summed E-state index contributed by atoms with van der Waals surface area (Å²) in [5.74, 6) is 1.28. The molecule has 2 atom stereocenters. The van der Waals surface area contributed by atoms with Crippen LogP contribution in [0.15, 0.2) is 24.3 Å². The first-order valence-electron chi connectivity index (χ1n) is 8.38. The maximum absolute atomic E-state index is 11.2. The Morgan fingerprint density at radius 1 is 1.19 bits per heavy atom. The van der Waals surface area contributed by atoms with Crippen LogP contribution in [0, 0.1) is 5.92 Å². The fourth-order valence-corrected chi connectivity index (χ4v) is 4.20. The number of hydrogen-bond donors (Lipinski definition) is 2. The zero-order valence-corrected chi connectivity index (χ0v) is 12.8. The van der Waals surface area contributed by atoms with Crippen molar-refractivity contribution in [1.82, 2.24) is 0 Å². The second-order valence-electron chi connectivity index (χ2n) is 6.65. The normalized spacial score (nSPS) is 28.3. The molecule has 2 unspecified atom stereocenters. The molecule has 1 aliphatic heterocycles. The maximum atomic E-state index is 11.2. The summed E-state index contributed by atoms with van der Waals surface area (Å²) in [4.78, 5) is 0. The van der Waals surface area contributed by atoms with Gasteiger partial charge < -0.3 is 15.6 Å². The van der Waals surface area contributed by atoms with E-state index in [1.54, 1.807) is 0 Å². The van der Waals surface area contributed by atoms with Crippen molar-refractivity contribution in [3.63, 3.8) is 0 Å². The minimum absolute atomic E-state index is 0.330. The first-order valence-corrected chi connectivity index (χ1v) is 8.38. The van der Waals surface area contributed by atoms with Gasteiger partial charge in [-0.15, -0.1) is 0 Å². The fourth-order valence-electron chi connectivity index (χ4n) is 4.20. The monoisotopic (exact) mass is 289 g/mol. The van der Waals surface area contributed by atoms with E-state index in [1.165, 1.54) is 25.7 Å². The summed E-state index contributed by atoms with van der Waals surface area (Å²) in [5.41, 5.74) is 6.96. The Bertz CT molecular complexity index is 468. The number of hydrogen-bond acceptors (Lipinski definition) is 3. The van der Waals surface area contributed by atoms with Gasteiger partial charge in [0.05, 0.1) is 12.7 Å². The standard InChI is InChI=1S/C18H27NO2/c19-13-18(17(20)14-7-3-1-2-4-8-14)11-12-21-16-10-6-5-9-15(16)18/h5-6,9-10,14,17,20H,1-4,7-8,11-13,19H2. The largest absolute Gasteiger partial charge is 0.493 e. The number of ether oxygens (including phenoxy) is 1. The van der Waals surface area contributed by atoms with Gasteiger partial charge in [-0.2, -0.15) is 0 Å². The second kappa shape index (κ2) is 6.37. The van der Waals surface area contributed by atoms with E-state index >= 15 is 0 Å². The van der Waals surface area contributed by atoms with E-state index < -0.39 is 0 Å². The third kappa shape index (κ3) is 2.69. The van der Waals surface area contributed by atoms with Gasteiger partial charge in [0.25, 0.3) is 0 Å². The van der Waals surface area contributed by atoms with Gasteiger partial charge >= 0.3 is 0 Å². The Hall–Kier alpha value is -1.06. The van der Waals surface area contributed by atoms with Crippen molar-refractivity contribution < 1.29 is 9.84 Å². The van der Waals surface area contributed by atoms with Gasteiger partial charge in [-0.3, -0.25) is 0 Å². The lowest BCUT2D eigenvalue weighted by molar-refractivity contribution is 0.00483.